The number of ether oxygens (including phenoxy) is 2. The molecule has 8 nitrogen and oxygen atoms in total. The second-order valence-corrected chi connectivity index (χ2v) is 11.9. The van der Waals surface area contributed by atoms with Gasteiger partial charge in [0.1, 0.15) is 11.5 Å². The van der Waals surface area contributed by atoms with Crippen LogP contribution in [0.15, 0.2) is 66.7 Å². The van der Waals surface area contributed by atoms with E-state index in [0.717, 1.165) is 71.5 Å². The van der Waals surface area contributed by atoms with Crippen molar-refractivity contribution in [2.75, 3.05) is 38.3 Å². The van der Waals surface area contributed by atoms with E-state index in [0.29, 0.717) is 32.7 Å². The topological polar surface area (TPSA) is 105 Å². The number of para-hydroxylation sites is 1. The van der Waals surface area contributed by atoms with Gasteiger partial charge in [0.25, 0.3) is 0 Å². The minimum Gasteiger partial charge on any atom is -0.496 e. The third-order valence-corrected chi connectivity index (χ3v) is 9.15. The van der Waals surface area contributed by atoms with E-state index in [2.05, 4.69) is 24.0 Å². The number of unbranched alkanes of at least 4 members (excludes halogenated alkanes) is 1. The number of hydrogen-bond donors (Lipinski definition) is 2. The van der Waals surface area contributed by atoms with Crippen LogP contribution >= 0.6 is 0 Å². The van der Waals surface area contributed by atoms with E-state index in [-0.39, 0.29) is 24.4 Å². The molecule has 1 unspecified atom stereocenters. The fourth-order valence-corrected chi connectivity index (χ4v) is 6.86. The number of aliphatic carboxylic acids is 1. The summed E-state index contributed by atoms with van der Waals surface area (Å²) in [4.78, 5) is 31.0. The van der Waals surface area contributed by atoms with Crippen molar-refractivity contribution >= 4 is 17.6 Å². The van der Waals surface area contributed by atoms with Gasteiger partial charge in [0.15, 0.2) is 0 Å². The van der Waals surface area contributed by atoms with Gasteiger partial charge in [0.05, 0.1) is 26.2 Å². The fourth-order valence-electron chi connectivity index (χ4n) is 6.86. The molecule has 2 aliphatic heterocycles. The molecule has 1 fully saturated rings. The van der Waals surface area contributed by atoms with Crippen molar-refractivity contribution in [3.63, 3.8) is 0 Å². The molecule has 0 bridgehead atoms. The van der Waals surface area contributed by atoms with Gasteiger partial charge in [-0.05, 0) is 72.2 Å². The fraction of sp³-hybridized carbons (Fsp3) is 0.444. The van der Waals surface area contributed by atoms with Crippen molar-refractivity contribution < 1.29 is 24.2 Å². The summed E-state index contributed by atoms with van der Waals surface area (Å²) < 4.78 is 11.3. The summed E-state index contributed by atoms with van der Waals surface area (Å²) >= 11 is 0. The monoisotopic (exact) mass is 599 g/mol. The van der Waals surface area contributed by atoms with Crippen LogP contribution in [0.1, 0.15) is 60.8 Å². The number of hydrogen-bond acceptors (Lipinski definition) is 6. The van der Waals surface area contributed by atoms with Crippen LogP contribution in [0.3, 0.4) is 0 Å². The zero-order valence-corrected chi connectivity index (χ0v) is 25.9. The van der Waals surface area contributed by atoms with Gasteiger partial charge in [-0.2, -0.15) is 0 Å². The van der Waals surface area contributed by atoms with Gasteiger partial charge >= 0.3 is 5.97 Å². The lowest BCUT2D eigenvalue weighted by molar-refractivity contribution is -0.143. The van der Waals surface area contributed by atoms with Crippen molar-refractivity contribution in [2.45, 2.75) is 64.0 Å². The van der Waals surface area contributed by atoms with Crippen molar-refractivity contribution in [2.24, 2.45) is 11.7 Å². The molecule has 3 N–H and O–H groups in total. The summed E-state index contributed by atoms with van der Waals surface area (Å²) in [6.45, 7) is 4.43. The van der Waals surface area contributed by atoms with Gasteiger partial charge in [0, 0.05) is 43.7 Å². The Morgan fingerprint density at radius 3 is 2.70 bits per heavy atom. The molecule has 2 heterocycles. The Morgan fingerprint density at radius 2 is 1.93 bits per heavy atom. The first kappa shape index (κ1) is 31.5. The van der Waals surface area contributed by atoms with E-state index >= 15 is 0 Å². The van der Waals surface area contributed by atoms with Crippen LogP contribution in [0.2, 0.25) is 0 Å². The first-order valence-corrected chi connectivity index (χ1v) is 15.9. The summed E-state index contributed by atoms with van der Waals surface area (Å²) in [5.41, 5.74) is 11.0. The van der Waals surface area contributed by atoms with Gasteiger partial charge < -0.3 is 25.2 Å². The molecule has 2 aliphatic rings. The normalized spacial score (nSPS) is 19.4. The van der Waals surface area contributed by atoms with Gasteiger partial charge in [0.2, 0.25) is 5.91 Å². The first-order valence-electron chi connectivity index (χ1n) is 15.9. The molecule has 44 heavy (non-hydrogen) atoms. The predicted molar refractivity (Wildman–Crippen MR) is 172 cm³/mol. The van der Waals surface area contributed by atoms with E-state index < -0.39 is 11.9 Å². The molecule has 234 valence electrons. The van der Waals surface area contributed by atoms with Gasteiger partial charge in [-0.3, -0.25) is 14.5 Å². The average Bonchev–Trinajstić information content (AvgIpc) is 3.66. The maximum atomic E-state index is 14.1. The van der Waals surface area contributed by atoms with Crippen LogP contribution in [0, 0.1) is 5.92 Å². The standard InChI is InChI=1S/C36H45N3O5/c1-3-4-18-39(29-12-7-9-25(20-29)22-37)34(40)24-38-23-30(27-15-16-33-28(21-27)17-19-44-33)35(36(41)42)31(38)13-8-11-26-10-5-6-14-32(26)43-2/h5-7,9-10,12,14-16,20-21,30-31,35H,3-4,8,11,13,17-19,22-24,37H2,1-2H3,(H,41,42)/t30-,31+,35?/m1/s1. The molecule has 1 saturated heterocycles. The maximum absolute atomic E-state index is 14.1. The van der Waals surface area contributed by atoms with Gasteiger partial charge in [-0.25, -0.2) is 0 Å². The van der Waals surface area contributed by atoms with Crippen molar-refractivity contribution in [1.29, 1.82) is 0 Å². The molecule has 0 radical (unpaired) electrons. The molecule has 5 rings (SSSR count). The first-order chi connectivity index (χ1) is 21.4. The highest BCUT2D eigenvalue weighted by molar-refractivity contribution is 5.95. The Hall–Kier alpha value is -3.88. The van der Waals surface area contributed by atoms with E-state index in [1.165, 1.54) is 0 Å². The molecular weight excluding hydrogens is 554 g/mol. The number of benzene rings is 3. The Morgan fingerprint density at radius 1 is 1.09 bits per heavy atom. The summed E-state index contributed by atoms with van der Waals surface area (Å²) in [6.07, 6.45) is 4.86. The lowest BCUT2D eigenvalue weighted by Gasteiger charge is -2.30. The number of fused-ring (bicyclic) bond motifs is 1. The zero-order chi connectivity index (χ0) is 31.1. The quantitative estimate of drug-likeness (QED) is 0.255. The smallest absolute Gasteiger partial charge is 0.308 e. The number of anilines is 1. The lowest BCUT2D eigenvalue weighted by Crippen LogP contribution is -2.44. The van der Waals surface area contributed by atoms with Crippen LogP contribution in [0.25, 0.3) is 0 Å². The Kier molecular flexibility index (Phi) is 10.6. The average molecular weight is 600 g/mol. The summed E-state index contributed by atoms with van der Waals surface area (Å²) in [7, 11) is 1.67. The number of carbonyl (C=O) groups excluding carboxylic acids is 1. The number of methoxy groups -OCH3 is 1. The highest BCUT2D eigenvalue weighted by atomic mass is 16.5. The maximum Gasteiger partial charge on any atom is 0.308 e. The van der Waals surface area contributed by atoms with Crippen LogP contribution in [-0.4, -0.2) is 61.3 Å². The molecule has 0 spiro atoms. The number of carboxylic acid groups (broad SMARTS) is 1. The van der Waals surface area contributed by atoms with Crippen LogP contribution in [-0.2, 0) is 29.0 Å². The van der Waals surface area contributed by atoms with Crippen molar-refractivity contribution in [1.82, 2.24) is 4.90 Å². The minimum atomic E-state index is -0.817. The van der Waals surface area contributed by atoms with E-state index in [9.17, 15) is 14.7 Å². The molecule has 3 aromatic rings. The Bertz CT molecular complexity index is 1440. The van der Waals surface area contributed by atoms with Gasteiger partial charge in [-0.15, -0.1) is 0 Å². The largest absolute Gasteiger partial charge is 0.496 e. The van der Waals surface area contributed by atoms with Crippen LogP contribution < -0.4 is 20.1 Å². The van der Waals surface area contributed by atoms with Gasteiger partial charge in [-0.1, -0.05) is 55.8 Å². The van der Waals surface area contributed by atoms with E-state index in [1.54, 1.807) is 7.11 Å². The second-order valence-electron chi connectivity index (χ2n) is 11.9. The number of nitrogens with zero attached hydrogens (tertiary/aromatic N) is 2. The molecule has 0 aromatic heterocycles. The predicted octanol–water partition coefficient (Wildman–Crippen LogP) is 5.41. The number of nitrogens with two attached hydrogens (primary N) is 1. The second kappa shape index (κ2) is 14.7. The number of carbonyl (C=O) groups is 2. The van der Waals surface area contributed by atoms with Crippen LogP contribution in [0.5, 0.6) is 11.5 Å². The molecule has 0 aliphatic carbocycles. The minimum absolute atomic E-state index is 0.0190. The summed E-state index contributed by atoms with van der Waals surface area (Å²) in [6, 6.07) is 21.6. The van der Waals surface area contributed by atoms with Crippen molar-refractivity contribution in [3.05, 3.63) is 89.0 Å². The number of amides is 1. The SMILES string of the molecule is CCCCN(C(=O)CN1C[C@H](c2ccc3c(c2)CCO3)C(C(=O)O)[C@@H]1CCCc1ccccc1OC)c1cccc(CN)c1. The van der Waals surface area contributed by atoms with Crippen molar-refractivity contribution in [3.8, 4) is 11.5 Å². The number of carboxylic acids is 1. The Balaban J connectivity index is 1.42. The number of rotatable bonds is 14. The van der Waals surface area contributed by atoms with Crippen LogP contribution in [0.4, 0.5) is 5.69 Å². The lowest BCUT2D eigenvalue weighted by atomic mass is 9.83. The highest BCUT2D eigenvalue weighted by Gasteiger charge is 2.47. The molecule has 1 amide bonds. The summed E-state index contributed by atoms with van der Waals surface area (Å²) in [5.74, 6) is 0.0186. The zero-order valence-electron chi connectivity index (χ0n) is 25.9. The van der Waals surface area contributed by atoms with E-state index in [4.69, 9.17) is 15.2 Å². The third-order valence-electron chi connectivity index (χ3n) is 9.15. The molecule has 3 aromatic carbocycles. The molecule has 3 atom stereocenters. The number of likely N-dealkylation sites (tertiary alicyclic amines) is 1. The summed E-state index contributed by atoms with van der Waals surface area (Å²) in [5, 5.41) is 10.6. The Labute approximate surface area is 260 Å². The number of aryl methyl sites for hydroxylation is 1. The highest BCUT2D eigenvalue weighted by Crippen LogP contribution is 2.41. The van der Waals surface area contributed by atoms with E-state index in [1.807, 2.05) is 59.5 Å². The molecule has 0 saturated carbocycles. The molecular formula is C36H45N3O5. The molecule has 8 heteroatoms. The third kappa shape index (κ3) is 7.08.